The summed E-state index contributed by atoms with van der Waals surface area (Å²) in [5, 5.41) is 9.06. The Labute approximate surface area is 117 Å². The molecular weight excluding hydrogens is 285 g/mol. The average molecular weight is 301 g/mol. The van der Waals surface area contributed by atoms with Crippen LogP contribution < -0.4 is 0 Å². The van der Waals surface area contributed by atoms with Crippen molar-refractivity contribution < 1.29 is 22.7 Å². The number of carboxylic acid groups (broad SMARTS) is 1. The maximum Gasteiger partial charge on any atom is 0.337 e. The maximum atomic E-state index is 13.3. The van der Waals surface area contributed by atoms with Crippen molar-refractivity contribution in [3.8, 4) is 0 Å². The van der Waals surface area contributed by atoms with Crippen LogP contribution in [0.1, 0.15) is 30.1 Å². The first kappa shape index (κ1) is 14.9. The van der Waals surface area contributed by atoms with Crippen LogP contribution in [0.4, 0.5) is 4.39 Å². The van der Waals surface area contributed by atoms with Gasteiger partial charge in [0.15, 0.2) is 0 Å². The third-order valence-electron chi connectivity index (χ3n) is 3.41. The fraction of sp³-hybridized carbons (Fsp3) is 0.462. The van der Waals surface area contributed by atoms with Crippen LogP contribution in [0.3, 0.4) is 0 Å². The summed E-state index contributed by atoms with van der Waals surface area (Å²) < 4.78 is 39.6. The number of sulfonamides is 1. The molecule has 0 spiro atoms. The normalized spacial score (nSPS) is 20.8. The molecule has 5 nitrogen and oxygen atoms in total. The van der Waals surface area contributed by atoms with Crippen molar-refractivity contribution in [2.75, 3.05) is 13.1 Å². The number of hydrogen-bond donors (Lipinski definition) is 1. The van der Waals surface area contributed by atoms with E-state index < -0.39 is 32.3 Å². The Balaban J connectivity index is 2.48. The van der Waals surface area contributed by atoms with Gasteiger partial charge in [-0.15, -0.1) is 0 Å². The number of aromatic carboxylic acids is 1. The molecule has 1 atom stereocenters. The van der Waals surface area contributed by atoms with Crippen LogP contribution >= 0.6 is 0 Å². The van der Waals surface area contributed by atoms with E-state index in [1.807, 2.05) is 6.92 Å². The Morgan fingerprint density at radius 1 is 1.45 bits per heavy atom. The van der Waals surface area contributed by atoms with E-state index in [0.29, 0.717) is 13.1 Å². The molecule has 0 aromatic heterocycles. The van der Waals surface area contributed by atoms with Gasteiger partial charge in [-0.1, -0.05) is 6.92 Å². The summed E-state index contributed by atoms with van der Waals surface area (Å²) in [7, 11) is -3.98. The van der Waals surface area contributed by atoms with E-state index in [0.717, 1.165) is 31.0 Å². The molecule has 110 valence electrons. The Hall–Kier alpha value is -1.47. The lowest BCUT2D eigenvalue weighted by Gasteiger charge is -2.30. The highest BCUT2D eigenvalue weighted by Gasteiger charge is 2.32. The molecule has 0 aliphatic carbocycles. The third kappa shape index (κ3) is 2.83. The van der Waals surface area contributed by atoms with Gasteiger partial charge in [-0.25, -0.2) is 17.6 Å². The van der Waals surface area contributed by atoms with Crippen LogP contribution in [0, 0.1) is 11.7 Å². The SMILES string of the molecule is CC1CCCN(S(=O)(=O)c2cc(F)ccc2C(=O)O)C1. The minimum Gasteiger partial charge on any atom is -0.478 e. The molecule has 1 fully saturated rings. The van der Waals surface area contributed by atoms with E-state index in [1.165, 1.54) is 4.31 Å². The molecule has 1 N–H and O–H groups in total. The molecule has 7 heteroatoms. The first-order valence-corrected chi connectivity index (χ1v) is 7.79. The summed E-state index contributed by atoms with van der Waals surface area (Å²) in [5.41, 5.74) is -0.398. The molecule has 0 radical (unpaired) electrons. The summed E-state index contributed by atoms with van der Waals surface area (Å²) in [6, 6.07) is 2.71. The van der Waals surface area contributed by atoms with Crippen LogP contribution in [0.5, 0.6) is 0 Å². The van der Waals surface area contributed by atoms with Gasteiger partial charge >= 0.3 is 5.97 Å². The number of carbonyl (C=O) groups is 1. The molecule has 1 aliphatic rings. The van der Waals surface area contributed by atoms with Gasteiger partial charge in [-0.2, -0.15) is 4.31 Å². The number of piperidine rings is 1. The minimum atomic E-state index is -3.98. The molecule has 1 unspecified atom stereocenters. The summed E-state index contributed by atoms with van der Waals surface area (Å²) in [6.07, 6.45) is 1.65. The fourth-order valence-corrected chi connectivity index (χ4v) is 4.18. The van der Waals surface area contributed by atoms with Gasteiger partial charge in [-0.3, -0.25) is 0 Å². The minimum absolute atomic E-state index is 0.209. The van der Waals surface area contributed by atoms with Crippen molar-refractivity contribution in [1.29, 1.82) is 0 Å². The highest BCUT2D eigenvalue weighted by Crippen LogP contribution is 2.26. The van der Waals surface area contributed by atoms with Gasteiger partial charge in [0.2, 0.25) is 10.0 Å². The van der Waals surface area contributed by atoms with Crippen molar-refractivity contribution in [3.05, 3.63) is 29.6 Å². The monoisotopic (exact) mass is 301 g/mol. The van der Waals surface area contributed by atoms with Crippen molar-refractivity contribution in [2.45, 2.75) is 24.7 Å². The van der Waals surface area contributed by atoms with Gasteiger partial charge in [0.05, 0.1) is 10.5 Å². The second-order valence-corrected chi connectivity index (χ2v) is 6.96. The molecule has 0 saturated carbocycles. The predicted octanol–water partition coefficient (Wildman–Crippen LogP) is 1.94. The topological polar surface area (TPSA) is 74.7 Å². The largest absolute Gasteiger partial charge is 0.478 e. The number of nitrogens with zero attached hydrogens (tertiary/aromatic N) is 1. The molecule has 0 amide bonds. The molecule has 1 aromatic carbocycles. The van der Waals surface area contributed by atoms with E-state index in [4.69, 9.17) is 5.11 Å². The van der Waals surface area contributed by atoms with Crippen LogP contribution in [0.2, 0.25) is 0 Å². The average Bonchev–Trinajstić information content (AvgIpc) is 2.38. The molecule has 1 saturated heterocycles. The van der Waals surface area contributed by atoms with Crippen molar-refractivity contribution in [1.82, 2.24) is 4.31 Å². The van der Waals surface area contributed by atoms with Gasteiger partial charge in [0.25, 0.3) is 0 Å². The first-order chi connectivity index (χ1) is 9.32. The molecule has 1 aliphatic heterocycles. The Morgan fingerprint density at radius 2 is 2.15 bits per heavy atom. The zero-order valence-corrected chi connectivity index (χ0v) is 11.9. The van der Waals surface area contributed by atoms with Crippen LogP contribution in [-0.4, -0.2) is 36.9 Å². The van der Waals surface area contributed by atoms with Crippen molar-refractivity contribution in [3.63, 3.8) is 0 Å². The van der Waals surface area contributed by atoms with Crippen molar-refractivity contribution >= 4 is 16.0 Å². The molecule has 1 heterocycles. The van der Waals surface area contributed by atoms with Crippen LogP contribution in [-0.2, 0) is 10.0 Å². The van der Waals surface area contributed by atoms with Crippen LogP contribution in [0.25, 0.3) is 0 Å². The molecule has 1 aromatic rings. The predicted molar refractivity (Wildman–Crippen MR) is 70.5 cm³/mol. The number of carboxylic acids is 1. The second kappa shape index (κ2) is 5.49. The van der Waals surface area contributed by atoms with Crippen LogP contribution in [0.15, 0.2) is 23.1 Å². The maximum absolute atomic E-state index is 13.3. The van der Waals surface area contributed by atoms with Gasteiger partial charge in [0, 0.05) is 13.1 Å². The second-order valence-electron chi connectivity index (χ2n) is 5.06. The van der Waals surface area contributed by atoms with E-state index in [9.17, 15) is 17.6 Å². The summed E-state index contributed by atoms with van der Waals surface area (Å²) in [4.78, 5) is 10.6. The lowest BCUT2D eigenvalue weighted by atomic mass is 10.0. The first-order valence-electron chi connectivity index (χ1n) is 6.35. The number of hydrogen-bond acceptors (Lipinski definition) is 3. The zero-order valence-electron chi connectivity index (χ0n) is 11.0. The summed E-state index contributed by atoms with van der Waals surface area (Å²) in [6.45, 7) is 2.60. The summed E-state index contributed by atoms with van der Waals surface area (Å²) >= 11 is 0. The number of rotatable bonds is 3. The van der Waals surface area contributed by atoms with E-state index in [2.05, 4.69) is 0 Å². The van der Waals surface area contributed by atoms with E-state index >= 15 is 0 Å². The third-order valence-corrected chi connectivity index (χ3v) is 5.32. The Morgan fingerprint density at radius 3 is 2.75 bits per heavy atom. The highest BCUT2D eigenvalue weighted by molar-refractivity contribution is 7.89. The van der Waals surface area contributed by atoms with Gasteiger partial charge in [-0.05, 0) is 37.0 Å². The Bertz CT molecular complexity index is 629. The van der Waals surface area contributed by atoms with Gasteiger partial charge in [0.1, 0.15) is 5.82 Å². The lowest BCUT2D eigenvalue weighted by Crippen LogP contribution is -2.39. The highest BCUT2D eigenvalue weighted by atomic mass is 32.2. The Kier molecular flexibility index (Phi) is 4.10. The smallest absolute Gasteiger partial charge is 0.337 e. The van der Waals surface area contributed by atoms with Crippen molar-refractivity contribution in [2.24, 2.45) is 5.92 Å². The lowest BCUT2D eigenvalue weighted by molar-refractivity contribution is 0.0692. The number of benzene rings is 1. The fourth-order valence-electron chi connectivity index (χ4n) is 2.39. The molecule has 20 heavy (non-hydrogen) atoms. The molecule has 2 rings (SSSR count). The standard InChI is InChI=1S/C13H16FNO4S/c1-9-3-2-6-15(8-9)20(18,19)12-7-10(14)4-5-11(12)13(16)17/h4-5,7,9H,2-3,6,8H2,1H3,(H,16,17). The van der Waals surface area contributed by atoms with E-state index in [1.54, 1.807) is 0 Å². The quantitative estimate of drug-likeness (QED) is 0.926. The number of halogens is 1. The summed E-state index contributed by atoms with van der Waals surface area (Å²) in [5.74, 6) is -1.94. The zero-order chi connectivity index (χ0) is 14.9. The molecule has 0 bridgehead atoms. The van der Waals surface area contributed by atoms with Gasteiger partial charge < -0.3 is 5.11 Å². The van der Waals surface area contributed by atoms with E-state index in [-0.39, 0.29) is 5.92 Å². The molecular formula is C13H16FNO4S.